The van der Waals surface area contributed by atoms with Gasteiger partial charge in [0.15, 0.2) is 6.54 Å². The summed E-state index contributed by atoms with van der Waals surface area (Å²) < 4.78 is 25.5. The van der Waals surface area contributed by atoms with Crippen LogP contribution in [-0.4, -0.2) is 46.3 Å². The summed E-state index contributed by atoms with van der Waals surface area (Å²) in [4.78, 5) is 13.4. The van der Waals surface area contributed by atoms with Crippen LogP contribution in [0.5, 0.6) is 0 Å². The lowest BCUT2D eigenvalue weighted by atomic mass is 10.2. The lowest BCUT2D eigenvalue weighted by Crippen LogP contribution is -3.08. The van der Waals surface area contributed by atoms with Gasteiger partial charge in [-0.3, -0.25) is 4.79 Å². The molecule has 0 aromatic heterocycles. The highest BCUT2D eigenvalue weighted by atomic mass is 35.5. The average Bonchev–Trinajstić information content (AvgIpc) is 2.56. The second-order valence-electron chi connectivity index (χ2n) is 6.30. The SMILES string of the molecule is CN(C)S(=O)(=O)c1cccc(NC(=O)C[NH+](C)Cc2ccc(Cl)cc2)c1. The molecular weight excluding hydrogens is 374 g/mol. The van der Waals surface area contributed by atoms with E-state index in [1.165, 1.54) is 26.2 Å². The van der Waals surface area contributed by atoms with Gasteiger partial charge in [-0.25, -0.2) is 12.7 Å². The van der Waals surface area contributed by atoms with Crippen molar-refractivity contribution in [1.29, 1.82) is 0 Å². The fourth-order valence-corrected chi connectivity index (χ4v) is 3.51. The van der Waals surface area contributed by atoms with Gasteiger partial charge in [-0.05, 0) is 30.3 Å². The highest BCUT2D eigenvalue weighted by molar-refractivity contribution is 7.89. The molecule has 1 atom stereocenters. The number of anilines is 1. The fourth-order valence-electron chi connectivity index (χ4n) is 2.44. The van der Waals surface area contributed by atoms with Crippen LogP contribution in [0.15, 0.2) is 53.4 Å². The topological polar surface area (TPSA) is 70.9 Å². The number of carbonyl (C=O) groups is 1. The average molecular weight is 397 g/mol. The van der Waals surface area contributed by atoms with Crippen molar-refractivity contribution in [2.75, 3.05) is 33.0 Å². The minimum atomic E-state index is -3.54. The van der Waals surface area contributed by atoms with Crippen molar-refractivity contribution in [3.8, 4) is 0 Å². The third-order valence-corrected chi connectivity index (χ3v) is 5.84. The van der Waals surface area contributed by atoms with E-state index >= 15 is 0 Å². The first kappa shape index (κ1) is 20.4. The Kier molecular flexibility index (Phi) is 6.77. The normalized spacial score (nSPS) is 12.8. The molecule has 0 fully saturated rings. The molecule has 0 aliphatic heterocycles. The van der Waals surface area contributed by atoms with Gasteiger partial charge in [-0.2, -0.15) is 0 Å². The Morgan fingerprint density at radius 3 is 2.42 bits per heavy atom. The quantitative estimate of drug-likeness (QED) is 0.739. The van der Waals surface area contributed by atoms with E-state index in [9.17, 15) is 13.2 Å². The second kappa shape index (κ2) is 8.64. The van der Waals surface area contributed by atoms with Crippen LogP contribution in [-0.2, 0) is 21.4 Å². The smallest absolute Gasteiger partial charge is 0.279 e. The lowest BCUT2D eigenvalue weighted by molar-refractivity contribution is -0.885. The van der Waals surface area contributed by atoms with E-state index in [4.69, 9.17) is 11.6 Å². The zero-order valence-corrected chi connectivity index (χ0v) is 16.6. The number of likely N-dealkylation sites (N-methyl/N-ethyl adjacent to an activating group) is 1. The number of sulfonamides is 1. The summed E-state index contributed by atoms with van der Waals surface area (Å²) in [5, 5.41) is 3.43. The van der Waals surface area contributed by atoms with Crippen molar-refractivity contribution in [3.63, 3.8) is 0 Å². The highest BCUT2D eigenvalue weighted by Crippen LogP contribution is 2.17. The molecule has 1 unspecified atom stereocenters. The molecule has 0 heterocycles. The molecule has 1 amide bonds. The van der Waals surface area contributed by atoms with Crippen molar-refractivity contribution in [3.05, 3.63) is 59.1 Å². The van der Waals surface area contributed by atoms with Gasteiger partial charge in [0.25, 0.3) is 5.91 Å². The minimum absolute atomic E-state index is 0.141. The molecule has 2 rings (SSSR count). The molecule has 6 nitrogen and oxygen atoms in total. The molecule has 0 bridgehead atoms. The van der Waals surface area contributed by atoms with Crippen molar-refractivity contribution < 1.29 is 18.1 Å². The van der Waals surface area contributed by atoms with E-state index in [-0.39, 0.29) is 17.3 Å². The minimum Gasteiger partial charge on any atom is -0.326 e. The zero-order chi connectivity index (χ0) is 19.3. The number of hydrogen-bond acceptors (Lipinski definition) is 3. The van der Waals surface area contributed by atoms with Gasteiger partial charge >= 0.3 is 0 Å². The van der Waals surface area contributed by atoms with Gasteiger partial charge in [0, 0.05) is 30.4 Å². The Labute approximate surface area is 159 Å². The first-order valence-electron chi connectivity index (χ1n) is 8.06. The molecule has 140 valence electrons. The number of hydrogen-bond donors (Lipinski definition) is 2. The maximum atomic E-state index is 12.2. The van der Waals surface area contributed by atoms with Crippen LogP contribution in [0.25, 0.3) is 0 Å². The molecule has 0 spiro atoms. The first-order chi connectivity index (χ1) is 12.2. The monoisotopic (exact) mass is 396 g/mol. The van der Waals surface area contributed by atoms with Gasteiger partial charge in [0.2, 0.25) is 10.0 Å². The van der Waals surface area contributed by atoms with Gasteiger partial charge in [0.1, 0.15) is 6.54 Å². The van der Waals surface area contributed by atoms with E-state index in [0.717, 1.165) is 14.8 Å². The van der Waals surface area contributed by atoms with E-state index in [1.54, 1.807) is 12.1 Å². The van der Waals surface area contributed by atoms with Gasteiger partial charge in [-0.15, -0.1) is 0 Å². The molecule has 0 saturated carbocycles. The number of nitrogens with one attached hydrogen (secondary N) is 2. The summed E-state index contributed by atoms with van der Waals surface area (Å²) in [5.41, 5.74) is 1.54. The molecule has 2 aromatic rings. The second-order valence-corrected chi connectivity index (χ2v) is 8.89. The molecule has 2 aromatic carbocycles. The Hall–Kier alpha value is -1.93. The van der Waals surface area contributed by atoms with Crippen LogP contribution < -0.4 is 10.2 Å². The standard InChI is InChI=1S/C18H22ClN3O3S/c1-21(2)26(24,25)17-6-4-5-16(11-17)20-18(23)13-22(3)12-14-7-9-15(19)10-8-14/h4-11H,12-13H2,1-3H3,(H,20,23)/p+1. The third kappa shape index (κ3) is 5.54. The molecule has 0 saturated heterocycles. The zero-order valence-electron chi connectivity index (χ0n) is 15.0. The third-order valence-electron chi connectivity index (χ3n) is 3.78. The van der Waals surface area contributed by atoms with Crippen LogP contribution in [0.1, 0.15) is 5.56 Å². The lowest BCUT2D eigenvalue weighted by Gasteiger charge is -2.15. The van der Waals surface area contributed by atoms with Gasteiger partial charge in [-0.1, -0.05) is 29.8 Å². The predicted octanol–water partition coefficient (Wildman–Crippen LogP) is 1.24. The van der Waals surface area contributed by atoms with Crippen LogP contribution in [0.2, 0.25) is 5.02 Å². The summed E-state index contributed by atoms with van der Waals surface area (Å²) in [6.45, 7) is 0.937. The molecule has 0 aliphatic carbocycles. The van der Waals surface area contributed by atoms with Crippen molar-refractivity contribution in [2.24, 2.45) is 0 Å². The summed E-state index contributed by atoms with van der Waals surface area (Å²) in [7, 11) is 1.32. The number of amides is 1. The van der Waals surface area contributed by atoms with Crippen LogP contribution in [0, 0.1) is 0 Å². The number of nitrogens with zero attached hydrogens (tertiary/aromatic N) is 1. The molecule has 0 radical (unpaired) electrons. The van der Waals surface area contributed by atoms with Crippen molar-refractivity contribution in [2.45, 2.75) is 11.4 Å². The summed E-state index contributed by atoms with van der Waals surface area (Å²) >= 11 is 5.87. The molecule has 8 heteroatoms. The van der Waals surface area contributed by atoms with Crippen molar-refractivity contribution in [1.82, 2.24) is 4.31 Å². The number of benzene rings is 2. The Bertz CT molecular complexity index is 868. The van der Waals surface area contributed by atoms with Crippen LogP contribution >= 0.6 is 11.6 Å². The van der Waals surface area contributed by atoms with Crippen molar-refractivity contribution >= 4 is 33.2 Å². The predicted molar refractivity (Wildman–Crippen MR) is 103 cm³/mol. The Morgan fingerprint density at radius 2 is 1.81 bits per heavy atom. The Morgan fingerprint density at radius 1 is 1.15 bits per heavy atom. The molecule has 0 aliphatic rings. The number of carbonyl (C=O) groups excluding carboxylic acids is 1. The van der Waals surface area contributed by atoms with E-state index in [2.05, 4.69) is 5.32 Å². The van der Waals surface area contributed by atoms with Crippen LogP contribution in [0.4, 0.5) is 5.69 Å². The molecular formula is C18H23ClN3O3S+. The largest absolute Gasteiger partial charge is 0.326 e. The van der Waals surface area contributed by atoms with Gasteiger partial charge in [0.05, 0.1) is 11.9 Å². The summed E-state index contributed by atoms with van der Waals surface area (Å²) in [6, 6.07) is 13.7. The number of rotatable bonds is 7. The van der Waals surface area contributed by atoms with E-state index in [1.807, 2.05) is 31.3 Å². The maximum absolute atomic E-state index is 12.2. The first-order valence-corrected chi connectivity index (χ1v) is 9.88. The molecule has 2 N–H and O–H groups in total. The van der Waals surface area contributed by atoms with E-state index in [0.29, 0.717) is 17.3 Å². The Balaban J connectivity index is 1.98. The van der Waals surface area contributed by atoms with Gasteiger partial charge < -0.3 is 10.2 Å². The van der Waals surface area contributed by atoms with Crippen LogP contribution in [0.3, 0.4) is 0 Å². The molecule has 26 heavy (non-hydrogen) atoms. The fraction of sp³-hybridized carbons (Fsp3) is 0.278. The number of halogens is 1. The summed E-state index contributed by atoms with van der Waals surface area (Å²) in [5.74, 6) is -0.184. The van der Waals surface area contributed by atoms with E-state index < -0.39 is 10.0 Å². The maximum Gasteiger partial charge on any atom is 0.279 e. The highest BCUT2D eigenvalue weighted by Gasteiger charge is 2.18. The summed E-state index contributed by atoms with van der Waals surface area (Å²) in [6.07, 6.45) is 0. The number of quaternary nitrogens is 1.